The molecule has 0 aromatic heterocycles. The molecule has 2 amide bonds. The number of esters is 1. The summed E-state index contributed by atoms with van der Waals surface area (Å²) in [6.45, 7) is 2.22. The average molecular weight is 415 g/mol. The minimum Gasteiger partial charge on any atom is -0.463 e. The van der Waals surface area contributed by atoms with Crippen molar-refractivity contribution >= 4 is 17.8 Å². The molecule has 3 rings (SSSR count). The molecule has 0 radical (unpaired) electrons. The Kier molecular flexibility index (Phi) is 7.63. The van der Waals surface area contributed by atoms with Crippen LogP contribution in [0.5, 0.6) is 0 Å². The van der Waals surface area contributed by atoms with Crippen molar-refractivity contribution < 1.29 is 24.2 Å². The molecule has 0 saturated heterocycles. The van der Waals surface area contributed by atoms with Crippen LogP contribution in [-0.4, -0.2) is 53.1 Å². The molecule has 162 valence electrons. The van der Waals surface area contributed by atoms with Crippen molar-refractivity contribution in [2.45, 2.75) is 57.7 Å². The number of cyclic esters (lactones) is 1. The Balaban J connectivity index is 1.71. The van der Waals surface area contributed by atoms with Gasteiger partial charge in [0.2, 0.25) is 11.8 Å². The van der Waals surface area contributed by atoms with Crippen molar-refractivity contribution in [3.05, 3.63) is 47.5 Å². The molecule has 0 bridgehead atoms. The molecule has 2 N–H and O–H groups in total. The van der Waals surface area contributed by atoms with Gasteiger partial charge in [0.25, 0.3) is 0 Å². The highest BCUT2D eigenvalue weighted by molar-refractivity contribution is 5.86. The Morgan fingerprint density at radius 3 is 2.77 bits per heavy atom. The molecule has 1 aromatic carbocycles. The zero-order valence-corrected chi connectivity index (χ0v) is 17.4. The summed E-state index contributed by atoms with van der Waals surface area (Å²) in [5.41, 5.74) is 2.23. The first kappa shape index (κ1) is 22.0. The summed E-state index contributed by atoms with van der Waals surface area (Å²) in [7, 11) is 0. The molecule has 0 aliphatic carbocycles. The maximum Gasteiger partial charge on any atom is 0.306 e. The second kappa shape index (κ2) is 10.4. The normalized spacial score (nSPS) is 25.4. The van der Waals surface area contributed by atoms with E-state index in [1.165, 1.54) is 0 Å². The maximum atomic E-state index is 13.1. The number of fused-ring (bicyclic) bond motifs is 1. The van der Waals surface area contributed by atoms with Crippen molar-refractivity contribution in [2.24, 2.45) is 5.92 Å². The van der Waals surface area contributed by atoms with Crippen LogP contribution in [0.2, 0.25) is 0 Å². The Morgan fingerprint density at radius 1 is 1.23 bits per heavy atom. The second-order valence-electron chi connectivity index (χ2n) is 8.07. The van der Waals surface area contributed by atoms with E-state index in [0.29, 0.717) is 32.2 Å². The van der Waals surface area contributed by atoms with Crippen molar-refractivity contribution in [3.8, 4) is 0 Å². The number of amides is 2. The molecule has 2 aliphatic rings. The van der Waals surface area contributed by atoms with E-state index < -0.39 is 5.92 Å². The molecule has 2 heterocycles. The number of carbonyl (C=O) groups excluding carboxylic acids is 3. The standard InChI is InChI=1S/C23H30N2O5/c1-16-15-30-22(28)10-4-2-3-8-18(23(29)24-16)12-21(27)25-13-19-9-6-5-7-17(19)11-20(25)14-26/h2-3,5-7,9,16,18,20,26H,4,8,10-15H2,1H3,(H,24,29)/t16-,18+,20-/m0/s1. The number of nitrogens with one attached hydrogen (secondary N) is 1. The molecule has 0 saturated carbocycles. The lowest BCUT2D eigenvalue weighted by Gasteiger charge is -2.36. The van der Waals surface area contributed by atoms with Crippen molar-refractivity contribution in [3.63, 3.8) is 0 Å². The van der Waals surface area contributed by atoms with Crippen molar-refractivity contribution in [2.75, 3.05) is 13.2 Å². The second-order valence-corrected chi connectivity index (χ2v) is 8.07. The monoisotopic (exact) mass is 414 g/mol. The first-order chi connectivity index (χ1) is 14.5. The van der Waals surface area contributed by atoms with E-state index in [1.807, 2.05) is 36.4 Å². The highest BCUT2D eigenvalue weighted by Crippen LogP contribution is 2.25. The molecule has 7 heteroatoms. The molecule has 0 unspecified atom stereocenters. The van der Waals surface area contributed by atoms with Gasteiger partial charge in [-0.3, -0.25) is 14.4 Å². The van der Waals surface area contributed by atoms with Gasteiger partial charge >= 0.3 is 5.97 Å². The first-order valence-electron chi connectivity index (χ1n) is 10.6. The molecular weight excluding hydrogens is 384 g/mol. The molecule has 30 heavy (non-hydrogen) atoms. The van der Waals surface area contributed by atoms with E-state index >= 15 is 0 Å². The van der Waals surface area contributed by atoms with Crippen LogP contribution in [0.15, 0.2) is 36.4 Å². The molecule has 1 aromatic rings. The first-order valence-corrected chi connectivity index (χ1v) is 10.6. The molecule has 3 atom stereocenters. The molecule has 2 aliphatic heterocycles. The minimum atomic E-state index is -0.511. The molecule has 0 fully saturated rings. The lowest BCUT2D eigenvalue weighted by Crippen LogP contribution is -2.48. The molecular formula is C23H30N2O5. The Hall–Kier alpha value is -2.67. The van der Waals surface area contributed by atoms with Gasteiger partial charge in [-0.2, -0.15) is 0 Å². The topological polar surface area (TPSA) is 95.9 Å². The Labute approximate surface area is 177 Å². The average Bonchev–Trinajstić information content (AvgIpc) is 2.74. The van der Waals surface area contributed by atoms with E-state index in [9.17, 15) is 19.5 Å². The number of ether oxygens (including phenoxy) is 1. The molecule has 0 spiro atoms. The third kappa shape index (κ3) is 5.69. The number of hydrogen-bond donors (Lipinski definition) is 2. The van der Waals surface area contributed by atoms with Gasteiger partial charge in [-0.1, -0.05) is 36.4 Å². The fourth-order valence-electron chi connectivity index (χ4n) is 3.93. The fourth-order valence-corrected chi connectivity index (χ4v) is 3.93. The van der Waals surface area contributed by atoms with Crippen LogP contribution in [0.1, 0.15) is 43.7 Å². The van der Waals surface area contributed by atoms with Gasteiger partial charge in [-0.05, 0) is 37.3 Å². The van der Waals surface area contributed by atoms with E-state index in [0.717, 1.165) is 11.1 Å². The van der Waals surface area contributed by atoms with E-state index in [4.69, 9.17) is 4.74 Å². The van der Waals surface area contributed by atoms with Crippen LogP contribution in [0.4, 0.5) is 0 Å². The van der Waals surface area contributed by atoms with Gasteiger partial charge in [-0.25, -0.2) is 0 Å². The number of carbonyl (C=O) groups is 3. The number of nitrogens with zero attached hydrogens (tertiary/aromatic N) is 1. The summed E-state index contributed by atoms with van der Waals surface area (Å²) in [5.74, 6) is -1.16. The van der Waals surface area contributed by atoms with Crippen molar-refractivity contribution in [1.82, 2.24) is 10.2 Å². The van der Waals surface area contributed by atoms with Crippen LogP contribution in [0.3, 0.4) is 0 Å². The predicted molar refractivity (Wildman–Crippen MR) is 111 cm³/mol. The Bertz CT molecular complexity index is 807. The largest absolute Gasteiger partial charge is 0.463 e. The Morgan fingerprint density at radius 2 is 2.00 bits per heavy atom. The summed E-state index contributed by atoms with van der Waals surface area (Å²) in [6, 6.07) is 7.33. The van der Waals surface area contributed by atoms with E-state index in [-0.39, 0.29) is 49.5 Å². The van der Waals surface area contributed by atoms with Crippen molar-refractivity contribution in [1.29, 1.82) is 0 Å². The summed E-state index contributed by atoms with van der Waals surface area (Å²) in [5, 5.41) is 12.7. The van der Waals surface area contributed by atoms with Crippen LogP contribution in [0, 0.1) is 5.92 Å². The summed E-state index contributed by atoms with van der Waals surface area (Å²) in [6.07, 6.45) is 5.65. The van der Waals surface area contributed by atoms with Crippen LogP contribution in [-0.2, 0) is 32.1 Å². The smallest absolute Gasteiger partial charge is 0.306 e. The number of hydrogen-bond acceptors (Lipinski definition) is 5. The van der Waals surface area contributed by atoms with Gasteiger partial charge < -0.3 is 20.1 Å². The van der Waals surface area contributed by atoms with Gasteiger partial charge in [-0.15, -0.1) is 0 Å². The number of rotatable bonds is 3. The molecule has 7 nitrogen and oxygen atoms in total. The lowest BCUT2D eigenvalue weighted by atomic mass is 9.92. The van der Waals surface area contributed by atoms with Crippen LogP contribution >= 0.6 is 0 Å². The van der Waals surface area contributed by atoms with Gasteiger partial charge in [0.15, 0.2) is 0 Å². The quantitative estimate of drug-likeness (QED) is 0.580. The van der Waals surface area contributed by atoms with Gasteiger partial charge in [0, 0.05) is 19.4 Å². The highest BCUT2D eigenvalue weighted by atomic mass is 16.5. The van der Waals surface area contributed by atoms with E-state index in [2.05, 4.69) is 5.32 Å². The predicted octanol–water partition coefficient (Wildman–Crippen LogP) is 1.73. The fraction of sp³-hybridized carbons (Fsp3) is 0.522. The third-order valence-corrected chi connectivity index (χ3v) is 5.66. The van der Waals surface area contributed by atoms with Crippen LogP contribution < -0.4 is 5.32 Å². The number of aliphatic hydroxyl groups is 1. The maximum absolute atomic E-state index is 13.1. The van der Waals surface area contributed by atoms with Gasteiger partial charge in [0.1, 0.15) is 6.61 Å². The van der Waals surface area contributed by atoms with Crippen LogP contribution in [0.25, 0.3) is 0 Å². The number of aliphatic hydroxyl groups excluding tert-OH is 1. The summed E-state index contributed by atoms with van der Waals surface area (Å²) >= 11 is 0. The minimum absolute atomic E-state index is 0.0708. The number of allylic oxidation sites excluding steroid dienone is 2. The zero-order chi connectivity index (χ0) is 21.5. The summed E-state index contributed by atoms with van der Waals surface area (Å²) in [4.78, 5) is 39.2. The van der Waals surface area contributed by atoms with Gasteiger partial charge in [0.05, 0.1) is 24.6 Å². The highest BCUT2D eigenvalue weighted by Gasteiger charge is 2.32. The lowest BCUT2D eigenvalue weighted by molar-refractivity contribution is -0.145. The number of benzene rings is 1. The van der Waals surface area contributed by atoms with E-state index in [1.54, 1.807) is 11.8 Å². The zero-order valence-electron chi connectivity index (χ0n) is 17.4. The summed E-state index contributed by atoms with van der Waals surface area (Å²) < 4.78 is 5.16. The SMILES string of the molecule is C[C@H]1COC(=O)CCC=CC[C@H](CC(=O)N2Cc3ccccc3C[C@H]2CO)C(=O)N1. The third-order valence-electron chi connectivity index (χ3n) is 5.66.